The van der Waals surface area contributed by atoms with E-state index in [1.807, 2.05) is 25.1 Å². The molecule has 0 aliphatic rings. The minimum Gasteiger partial charge on any atom is -0.457 e. The quantitative estimate of drug-likeness (QED) is 0.162. The van der Waals surface area contributed by atoms with Crippen molar-refractivity contribution in [2.75, 3.05) is 17.4 Å². The second-order valence-corrected chi connectivity index (χ2v) is 13.0. The van der Waals surface area contributed by atoms with Crippen molar-refractivity contribution in [2.24, 2.45) is 0 Å². The van der Waals surface area contributed by atoms with Crippen LogP contribution < -0.4 is 14.4 Å². The molecule has 2 amide bonds. The molecule has 0 aliphatic heterocycles. The topological polar surface area (TPSA) is 96.0 Å². The average molecular weight is 669 g/mol. The SMILES string of the molecule is CCNC(=O)[C@@H](CC)N(Cc1ccc(Cl)cc1Cl)C(=O)CN(c1ccc(Oc2ccccc2)cc1)S(=O)(=O)c1ccc(C)cc1. The van der Waals surface area contributed by atoms with Gasteiger partial charge in [-0.3, -0.25) is 13.9 Å². The molecule has 0 spiro atoms. The molecule has 0 unspecified atom stereocenters. The van der Waals surface area contributed by atoms with E-state index in [1.54, 1.807) is 80.6 Å². The molecule has 11 heteroatoms. The van der Waals surface area contributed by atoms with E-state index in [9.17, 15) is 18.0 Å². The number of nitrogens with one attached hydrogen (secondary N) is 1. The van der Waals surface area contributed by atoms with E-state index in [0.717, 1.165) is 9.87 Å². The van der Waals surface area contributed by atoms with Crippen LogP contribution in [0.4, 0.5) is 5.69 Å². The number of nitrogens with zero attached hydrogens (tertiary/aromatic N) is 2. The number of carbonyl (C=O) groups excluding carboxylic acids is 2. The van der Waals surface area contributed by atoms with Crippen molar-refractivity contribution >= 4 is 50.7 Å². The Morgan fingerprint density at radius 2 is 1.51 bits per heavy atom. The Labute approximate surface area is 274 Å². The number of sulfonamides is 1. The molecule has 45 heavy (non-hydrogen) atoms. The van der Waals surface area contributed by atoms with Crippen molar-refractivity contribution in [2.45, 2.75) is 44.7 Å². The largest absolute Gasteiger partial charge is 0.457 e. The lowest BCUT2D eigenvalue weighted by Gasteiger charge is -2.33. The predicted octanol–water partition coefficient (Wildman–Crippen LogP) is 7.23. The van der Waals surface area contributed by atoms with Crippen LogP contribution in [-0.4, -0.2) is 44.3 Å². The second-order valence-electron chi connectivity index (χ2n) is 10.3. The number of hydrogen-bond acceptors (Lipinski definition) is 5. The van der Waals surface area contributed by atoms with E-state index >= 15 is 0 Å². The second kappa shape index (κ2) is 15.3. The Hall–Kier alpha value is -4.05. The Morgan fingerprint density at radius 1 is 0.867 bits per heavy atom. The first-order valence-electron chi connectivity index (χ1n) is 14.5. The van der Waals surface area contributed by atoms with Crippen molar-refractivity contribution in [3.8, 4) is 11.5 Å². The van der Waals surface area contributed by atoms with Crippen molar-refractivity contribution in [1.82, 2.24) is 10.2 Å². The molecule has 0 saturated carbocycles. The number of halogens is 2. The summed E-state index contributed by atoms with van der Waals surface area (Å²) in [5.74, 6) is 0.176. The minimum absolute atomic E-state index is 0.0218. The molecule has 4 rings (SSSR count). The van der Waals surface area contributed by atoms with E-state index in [2.05, 4.69) is 5.32 Å². The molecule has 4 aromatic carbocycles. The van der Waals surface area contributed by atoms with Crippen LogP contribution in [0.25, 0.3) is 0 Å². The lowest BCUT2D eigenvalue weighted by Crippen LogP contribution is -2.52. The highest BCUT2D eigenvalue weighted by Crippen LogP contribution is 2.29. The number of aryl methyl sites for hydroxylation is 1. The van der Waals surface area contributed by atoms with Crippen molar-refractivity contribution in [1.29, 1.82) is 0 Å². The van der Waals surface area contributed by atoms with E-state index in [4.69, 9.17) is 27.9 Å². The third-order valence-electron chi connectivity index (χ3n) is 7.08. The maximum absolute atomic E-state index is 14.2. The summed E-state index contributed by atoms with van der Waals surface area (Å²) in [6, 6.07) is 26.0. The monoisotopic (exact) mass is 667 g/mol. The molecular formula is C34H35Cl2N3O5S. The first kappa shape index (κ1) is 33.8. The molecule has 0 bridgehead atoms. The van der Waals surface area contributed by atoms with E-state index in [1.165, 1.54) is 17.0 Å². The summed E-state index contributed by atoms with van der Waals surface area (Å²) >= 11 is 12.6. The zero-order valence-corrected chi connectivity index (χ0v) is 27.6. The average Bonchev–Trinajstić information content (AvgIpc) is 3.02. The number of likely N-dealkylation sites (N-methyl/N-ethyl adjacent to an activating group) is 1. The van der Waals surface area contributed by atoms with Gasteiger partial charge in [-0.05, 0) is 86.5 Å². The van der Waals surface area contributed by atoms with Crippen molar-refractivity contribution in [3.05, 3.63) is 118 Å². The summed E-state index contributed by atoms with van der Waals surface area (Å²) in [6.07, 6.45) is 0.291. The summed E-state index contributed by atoms with van der Waals surface area (Å²) in [5, 5.41) is 3.53. The molecular weight excluding hydrogens is 633 g/mol. The third kappa shape index (κ3) is 8.57. The fourth-order valence-electron chi connectivity index (χ4n) is 4.72. The molecule has 0 radical (unpaired) electrons. The molecule has 0 saturated heterocycles. The van der Waals surface area contributed by atoms with E-state index < -0.39 is 28.5 Å². The smallest absolute Gasteiger partial charge is 0.264 e. The van der Waals surface area contributed by atoms with Gasteiger partial charge in [0.15, 0.2) is 0 Å². The van der Waals surface area contributed by atoms with Crippen LogP contribution >= 0.6 is 23.2 Å². The number of anilines is 1. The van der Waals surface area contributed by atoms with Crippen LogP contribution in [0, 0.1) is 6.92 Å². The minimum atomic E-state index is -4.22. The molecule has 0 aromatic heterocycles. The summed E-state index contributed by atoms with van der Waals surface area (Å²) in [7, 11) is -4.22. The lowest BCUT2D eigenvalue weighted by molar-refractivity contribution is -0.140. The van der Waals surface area contributed by atoms with Gasteiger partial charge in [0.05, 0.1) is 10.6 Å². The molecule has 0 heterocycles. The Balaban J connectivity index is 1.74. The van der Waals surface area contributed by atoms with E-state index in [0.29, 0.717) is 40.1 Å². The number of amides is 2. The number of ether oxygens (including phenoxy) is 1. The number of benzene rings is 4. The standard InChI is InChI=1S/C34H35Cl2N3O5S/c1-4-32(34(41)37-5-2)38(22-25-13-14-26(35)21-31(25)36)33(40)23-39(45(42,43)30-19-11-24(3)12-20-30)27-15-17-29(18-16-27)44-28-9-7-6-8-10-28/h6-21,32H,4-5,22-23H2,1-3H3,(H,37,41)/t32-/m1/s1. The van der Waals surface area contributed by atoms with Gasteiger partial charge in [0.25, 0.3) is 10.0 Å². The zero-order chi connectivity index (χ0) is 32.6. The maximum Gasteiger partial charge on any atom is 0.264 e. The van der Waals surface area contributed by atoms with Gasteiger partial charge in [-0.25, -0.2) is 8.42 Å². The van der Waals surface area contributed by atoms with Crippen LogP contribution in [0.3, 0.4) is 0 Å². The summed E-state index contributed by atoms with van der Waals surface area (Å²) in [5.41, 5.74) is 1.70. The zero-order valence-electron chi connectivity index (χ0n) is 25.2. The fourth-order valence-corrected chi connectivity index (χ4v) is 6.60. The molecule has 0 fully saturated rings. The van der Waals surface area contributed by atoms with Gasteiger partial charge in [-0.1, -0.05) is 72.1 Å². The van der Waals surface area contributed by atoms with Gasteiger partial charge >= 0.3 is 0 Å². The van der Waals surface area contributed by atoms with Gasteiger partial charge in [-0.15, -0.1) is 0 Å². The molecule has 8 nitrogen and oxygen atoms in total. The summed E-state index contributed by atoms with van der Waals surface area (Å²) in [4.78, 5) is 28.7. The molecule has 4 aromatic rings. The Bertz CT molecular complexity index is 1720. The van der Waals surface area contributed by atoms with Gasteiger partial charge in [0, 0.05) is 23.1 Å². The van der Waals surface area contributed by atoms with Crippen LogP contribution in [0.1, 0.15) is 31.4 Å². The van der Waals surface area contributed by atoms with Crippen LogP contribution in [0.5, 0.6) is 11.5 Å². The maximum atomic E-state index is 14.2. The molecule has 1 N–H and O–H groups in total. The number of para-hydroxylation sites is 1. The highest BCUT2D eigenvalue weighted by Gasteiger charge is 2.34. The van der Waals surface area contributed by atoms with Crippen molar-refractivity contribution in [3.63, 3.8) is 0 Å². The van der Waals surface area contributed by atoms with Gasteiger partial charge in [-0.2, -0.15) is 0 Å². The first-order chi connectivity index (χ1) is 21.5. The van der Waals surface area contributed by atoms with Gasteiger partial charge in [0.1, 0.15) is 24.1 Å². The number of hydrogen-bond donors (Lipinski definition) is 1. The first-order valence-corrected chi connectivity index (χ1v) is 16.7. The number of rotatable bonds is 13. The van der Waals surface area contributed by atoms with E-state index in [-0.39, 0.29) is 23.0 Å². The summed E-state index contributed by atoms with van der Waals surface area (Å²) < 4.78 is 35.2. The van der Waals surface area contributed by atoms with Crippen molar-refractivity contribution < 1.29 is 22.7 Å². The number of carbonyl (C=O) groups is 2. The molecule has 236 valence electrons. The van der Waals surface area contributed by atoms with Gasteiger partial charge < -0.3 is 15.0 Å². The highest BCUT2D eigenvalue weighted by atomic mass is 35.5. The molecule has 0 aliphatic carbocycles. The Kier molecular flexibility index (Phi) is 11.5. The van der Waals surface area contributed by atoms with Crippen LogP contribution in [-0.2, 0) is 26.2 Å². The van der Waals surface area contributed by atoms with Gasteiger partial charge in [0.2, 0.25) is 11.8 Å². The van der Waals surface area contributed by atoms with Crippen LogP contribution in [0.15, 0.2) is 102 Å². The molecule has 1 atom stereocenters. The Morgan fingerprint density at radius 3 is 2.11 bits per heavy atom. The lowest BCUT2D eigenvalue weighted by atomic mass is 10.1. The highest BCUT2D eigenvalue weighted by molar-refractivity contribution is 7.92. The third-order valence-corrected chi connectivity index (χ3v) is 9.46. The van der Waals surface area contributed by atoms with Crippen LogP contribution in [0.2, 0.25) is 10.0 Å². The predicted molar refractivity (Wildman–Crippen MR) is 178 cm³/mol. The summed E-state index contributed by atoms with van der Waals surface area (Å²) in [6.45, 7) is 5.19. The normalized spacial score (nSPS) is 11.8. The fraction of sp³-hybridized carbons (Fsp3) is 0.235.